The maximum Gasteiger partial charge on any atom is 0.330 e. The van der Waals surface area contributed by atoms with Crippen molar-refractivity contribution in [2.75, 3.05) is 25.0 Å². The molecular weight excluding hydrogens is 352 g/mol. The first-order chi connectivity index (χ1) is 13.7. The Balaban J connectivity index is 1.77. The molecule has 0 unspecified atom stereocenters. The number of anilines is 1. The Labute approximate surface area is 164 Å². The average molecular weight is 374 g/mol. The number of amides is 3. The maximum absolute atomic E-state index is 13.5. The van der Waals surface area contributed by atoms with Crippen LogP contribution in [0, 0.1) is 0 Å². The van der Waals surface area contributed by atoms with Crippen LogP contribution in [0.4, 0.5) is 10.5 Å². The molecule has 3 amide bonds. The molecule has 142 valence electrons. The van der Waals surface area contributed by atoms with Gasteiger partial charge in [-0.05, 0) is 17.7 Å². The zero-order valence-corrected chi connectivity index (χ0v) is 15.7. The van der Waals surface area contributed by atoms with Crippen LogP contribution in [0.1, 0.15) is 15.9 Å². The minimum Gasteiger partial charge on any atom is -0.367 e. The Kier molecular flexibility index (Phi) is 4.85. The number of hydrogen-bond acceptors (Lipinski definition) is 3. The molecule has 0 saturated heterocycles. The molecule has 0 atom stereocenters. The monoisotopic (exact) mass is 374 g/mol. The third kappa shape index (κ3) is 3.24. The van der Waals surface area contributed by atoms with Crippen molar-refractivity contribution in [2.45, 2.75) is 6.54 Å². The number of nitrogens with one attached hydrogen (secondary N) is 2. The van der Waals surface area contributed by atoms with Crippen molar-refractivity contribution in [3.8, 4) is 0 Å². The van der Waals surface area contributed by atoms with Crippen LogP contribution in [0.3, 0.4) is 0 Å². The molecule has 0 radical (unpaired) electrons. The molecule has 0 spiro atoms. The van der Waals surface area contributed by atoms with Crippen molar-refractivity contribution in [3.63, 3.8) is 0 Å². The molecule has 2 aliphatic rings. The van der Waals surface area contributed by atoms with Crippen LogP contribution in [0.2, 0.25) is 0 Å². The van der Waals surface area contributed by atoms with E-state index in [0.29, 0.717) is 30.9 Å². The number of nitrogens with zero attached hydrogens (tertiary/aromatic N) is 2. The van der Waals surface area contributed by atoms with Crippen LogP contribution in [-0.4, -0.2) is 37.0 Å². The number of benzene rings is 2. The summed E-state index contributed by atoms with van der Waals surface area (Å²) < 4.78 is 0. The quantitative estimate of drug-likeness (QED) is 0.865. The van der Waals surface area contributed by atoms with Gasteiger partial charge in [-0.15, -0.1) is 0 Å². The normalized spacial score (nSPS) is 16.0. The van der Waals surface area contributed by atoms with Gasteiger partial charge < -0.3 is 15.5 Å². The lowest BCUT2D eigenvalue weighted by Gasteiger charge is -2.40. The van der Waals surface area contributed by atoms with Gasteiger partial charge in [0.25, 0.3) is 5.91 Å². The predicted octanol–water partition coefficient (Wildman–Crippen LogP) is 2.86. The second-order valence-electron chi connectivity index (χ2n) is 6.71. The number of carbonyl (C=O) groups excluding carboxylic acids is 2. The van der Waals surface area contributed by atoms with E-state index in [0.717, 1.165) is 17.0 Å². The van der Waals surface area contributed by atoms with E-state index in [1.807, 2.05) is 48.6 Å². The van der Waals surface area contributed by atoms with Gasteiger partial charge in [0.05, 0.1) is 17.8 Å². The molecular formula is C22H22N4O2. The van der Waals surface area contributed by atoms with Gasteiger partial charge in [0.1, 0.15) is 5.82 Å². The summed E-state index contributed by atoms with van der Waals surface area (Å²) in [6, 6.07) is 16.9. The lowest BCUT2D eigenvalue weighted by atomic mass is 10.1. The molecule has 2 heterocycles. The van der Waals surface area contributed by atoms with Gasteiger partial charge in [-0.3, -0.25) is 4.79 Å². The van der Waals surface area contributed by atoms with E-state index < -0.39 is 0 Å². The first-order valence-corrected chi connectivity index (χ1v) is 9.26. The molecule has 0 saturated carbocycles. The summed E-state index contributed by atoms with van der Waals surface area (Å²) in [4.78, 5) is 29.3. The van der Waals surface area contributed by atoms with Gasteiger partial charge in [0.2, 0.25) is 0 Å². The highest BCUT2D eigenvalue weighted by molar-refractivity contribution is 6.06. The van der Waals surface area contributed by atoms with Crippen LogP contribution >= 0.6 is 0 Å². The number of rotatable bonds is 4. The molecule has 2 aromatic carbocycles. The van der Waals surface area contributed by atoms with Crippen molar-refractivity contribution in [1.29, 1.82) is 0 Å². The average Bonchev–Trinajstić information content (AvgIpc) is 2.74. The molecule has 0 fully saturated rings. The fourth-order valence-corrected chi connectivity index (χ4v) is 3.56. The molecule has 0 bridgehead atoms. The summed E-state index contributed by atoms with van der Waals surface area (Å²) in [6.45, 7) is 1.66. The van der Waals surface area contributed by atoms with Crippen LogP contribution < -0.4 is 15.5 Å². The Hall–Kier alpha value is -3.54. The first kappa shape index (κ1) is 17.9. The van der Waals surface area contributed by atoms with Crippen molar-refractivity contribution < 1.29 is 9.59 Å². The molecule has 2 N–H and O–H groups in total. The fraction of sp³-hybridized carbons (Fsp3) is 0.182. The second-order valence-corrected chi connectivity index (χ2v) is 6.71. The smallest absolute Gasteiger partial charge is 0.330 e. The van der Waals surface area contributed by atoms with E-state index in [9.17, 15) is 9.59 Å². The van der Waals surface area contributed by atoms with Gasteiger partial charge in [-0.2, -0.15) is 0 Å². The number of dihydropyridines is 1. The largest absolute Gasteiger partial charge is 0.367 e. The van der Waals surface area contributed by atoms with Crippen LogP contribution in [-0.2, 0) is 6.54 Å². The highest BCUT2D eigenvalue weighted by Gasteiger charge is 2.35. The lowest BCUT2D eigenvalue weighted by molar-refractivity contribution is 0.0963. The number of hydrogen-bond donors (Lipinski definition) is 2. The van der Waals surface area contributed by atoms with Crippen molar-refractivity contribution in [2.24, 2.45) is 0 Å². The van der Waals surface area contributed by atoms with Crippen LogP contribution in [0.5, 0.6) is 0 Å². The summed E-state index contributed by atoms with van der Waals surface area (Å²) in [5.74, 6) is 0.519. The summed E-state index contributed by atoms with van der Waals surface area (Å²) >= 11 is 0. The molecule has 6 nitrogen and oxygen atoms in total. The van der Waals surface area contributed by atoms with E-state index in [2.05, 4.69) is 10.6 Å². The highest BCUT2D eigenvalue weighted by atomic mass is 16.2. The molecule has 0 aliphatic carbocycles. The van der Waals surface area contributed by atoms with Gasteiger partial charge in [0.15, 0.2) is 0 Å². The fourth-order valence-electron chi connectivity index (χ4n) is 3.56. The highest BCUT2D eigenvalue weighted by Crippen LogP contribution is 2.31. The molecule has 4 rings (SSSR count). The first-order valence-electron chi connectivity index (χ1n) is 9.26. The summed E-state index contributed by atoms with van der Waals surface area (Å²) in [5, 5.41) is 5.97. The lowest BCUT2D eigenvalue weighted by Crippen LogP contribution is -2.52. The van der Waals surface area contributed by atoms with Crippen LogP contribution in [0.15, 0.2) is 78.1 Å². The standard InChI is InChI=1S/C22H22N4O2/c1-23-21(27)18-11-5-6-12-19(18)26-20-17(10-7-13-24-20)15-25(22(26)28)14-16-8-3-2-4-9-16/h2-12,24H,13-15H2,1H3,(H,23,27). The van der Waals surface area contributed by atoms with Crippen molar-refractivity contribution >= 4 is 17.6 Å². The second kappa shape index (κ2) is 7.60. The Morgan fingerprint density at radius 2 is 1.86 bits per heavy atom. The van der Waals surface area contributed by atoms with Gasteiger partial charge in [0, 0.05) is 25.7 Å². The van der Waals surface area contributed by atoms with E-state index in [1.165, 1.54) is 0 Å². The van der Waals surface area contributed by atoms with Gasteiger partial charge in [-0.1, -0.05) is 54.6 Å². The summed E-state index contributed by atoms with van der Waals surface area (Å²) in [5.41, 5.74) is 3.11. The predicted molar refractivity (Wildman–Crippen MR) is 109 cm³/mol. The minimum absolute atomic E-state index is 0.151. The third-order valence-corrected chi connectivity index (χ3v) is 4.89. The number of carbonyl (C=O) groups is 2. The zero-order valence-electron chi connectivity index (χ0n) is 15.7. The molecule has 2 aromatic rings. The van der Waals surface area contributed by atoms with E-state index in [-0.39, 0.29) is 11.9 Å². The topological polar surface area (TPSA) is 64.7 Å². The van der Waals surface area contributed by atoms with E-state index in [4.69, 9.17) is 0 Å². The van der Waals surface area contributed by atoms with Gasteiger partial charge >= 0.3 is 6.03 Å². The molecule has 0 aromatic heterocycles. The molecule has 28 heavy (non-hydrogen) atoms. The van der Waals surface area contributed by atoms with Crippen LogP contribution in [0.25, 0.3) is 0 Å². The number of para-hydroxylation sites is 1. The molecule has 2 aliphatic heterocycles. The minimum atomic E-state index is -0.225. The number of urea groups is 1. The van der Waals surface area contributed by atoms with Gasteiger partial charge in [-0.25, -0.2) is 9.69 Å². The molecule has 6 heteroatoms. The summed E-state index contributed by atoms with van der Waals surface area (Å²) in [7, 11) is 1.59. The third-order valence-electron chi connectivity index (χ3n) is 4.89. The Bertz CT molecular complexity index is 966. The maximum atomic E-state index is 13.5. The van der Waals surface area contributed by atoms with E-state index >= 15 is 0 Å². The van der Waals surface area contributed by atoms with Crippen molar-refractivity contribution in [3.05, 3.63) is 89.3 Å². The Morgan fingerprint density at radius 1 is 1.11 bits per heavy atom. The van der Waals surface area contributed by atoms with Crippen molar-refractivity contribution in [1.82, 2.24) is 15.5 Å². The Morgan fingerprint density at radius 3 is 2.64 bits per heavy atom. The zero-order chi connectivity index (χ0) is 19.5. The summed E-state index contributed by atoms with van der Waals surface area (Å²) in [6.07, 6.45) is 4.09. The van der Waals surface area contributed by atoms with E-state index in [1.54, 1.807) is 35.0 Å². The SMILES string of the molecule is CNC(=O)c1ccccc1N1C(=O)N(Cc2ccccc2)CC2=C1NCC=C2.